The first-order chi connectivity index (χ1) is 11.4. The van der Waals surface area contributed by atoms with Gasteiger partial charge in [-0.2, -0.15) is 18.2 Å². The second-order valence-electron chi connectivity index (χ2n) is 5.46. The van der Waals surface area contributed by atoms with E-state index in [1.165, 1.54) is 24.3 Å². The van der Waals surface area contributed by atoms with Gasteiger partial charge in [-0.25, -0.2) is 4.79 Å². The van der Waals surface area contributed by atoms with Crippen molar-refractivity contribution in [2.75, 3.05) is 0 Å². The minimum absolute atomic E-state index is 0.136. The van der Waals surface area contributed by atoms with E-state index in [0.717, 1.165) is 25.7 Å². The number of hydrogen-bond donors (Lipinski definition) is 1. The van der Waals surface area contributed by atoms with Gasteiger partial charge in [-0.15, -0.1) is 0 Å². The number of benzene rings is 1. The van der Waals surface area contributed by atoms with E-state index in [2.05, 4.69) is 20.0 Å². The van der Waals surface area contributed by atoms with E-state index in [1.807, 2.05) is 0 Å². The Morgan fingerprint density at radius 2 is 1.88 bits per heavy atom. The van der Waals surface area contributed by atoms with Crippen molar-refractivity contribution in [3.05, 3.63) is 30.2 Å². The van der Waals surface area contributed by atoms with Crippen LogP contribution >= 0.6 is 0 Å². The maximum Gasteiger partial charge on any atom is 0.471 e. The van der Waals surface area contributed by atoms with Crippen LogP contribution in [0.1, 0.15) is 31.6 Å². The lowest BCUT2D eigenvalue weighted by Gasteiger charge is -2.11. The monoisotopic (exact) mass is 341 g/mol. The molecular formula is C15H14F3N3O3. The summed E-state index contributed by atoms with van der Waals surface area (Å²) in [5.74, 6) is -1.33. The second-order valence-corrected chi connectivity index (χ2v) is 5.46. The van der Waals surface area contributed by atoms with Gasteiger partial charge in [-0.05, 0) is 37.1 Å². The number of amides is 1. The largest absolute Gasteiger partial charge is 0.471 e. The predicted molar refractivity (Wildman–Crippen MR) is 76.2 cm³/mol. The molecule has 0 atom stereocenters. The van der Waals surface area contributed by atoms with Gasteiger partial charge in [0, 0.05) is 11.6 Å². The summed E-state index contributed by atoms with van der Waals surface area (Å²) in [6.07, 6.45) is -1.18. The normalized spacial score (nSPS) is 15.5. The number of rotatable bonds is 3. The minimum Gasteiger partial charge on any atom is -0.410 e. The van der Waals surface area contributed by atoms with Crippen LogP contribution in [-0.4, -0.2) is 22.3 Å². The van der Waals surface area contributed by atoms with E-state index in [-0.39, 0.29) is 17.6 Å². The van der Waals surface area contributed by atoms with Gasteiger partial charge in [-0.3, -0.25) is 0 Å². The summed E-state index contributed by atoms with van der Waals surface area (Å²) < 4.78 is 46.6. The SMILES string of the molecule is O=C(NC1CCCC1)Oc1ccc(-c2noc(C(F)(F)F)n2)cc1. The van der Waals surface area contributed by atoms with Crippen molar-refractivity contribution in [1.29, 1.82) is 0 Å². The number of carbonyl (C=O) groups excluding carboxylic acids is 1. The molecule has 1 aromatic heterocycles. The van der Waals surface area contributed by atoms with Crippen LogP contribution in [0.25, 0.3) is 11.4 Å². The van der Waals surface area contributed by atoms with E-state index in [1.54, 1.807) is 0 Å². The number of halogens is 3. The zero-order chi connectivity index (χ0) is 17.2. The highest BCUT2D eigenvalue weighted by Crippen LogP contribution is 2.29. The standard InChI is InChI=1S/C15H14F3N3O3/c16-15(17,18)13-20-12(21-24-13)9-5-7-11(8-6-9)23-14(22)19-10-3-1-2-4-10/h5-8,10H,1-4H2,(H,19,22). The molecule has 1 aliphatic rings. The fraction of sp³-hybridized carbons (Fsp3) is 0.400. The maximum atomic E-state index is 12.4. The zero-order valence-electron chi connectivity index (χ0n) is 12.5. The van der Waals surface area contributed by atoms with Crippen molar-refractivity contribution in [3.8, 4) is 17.1 Å². The Morgan fingerprint density at radius 3 is 2.46 bits per heavy atom. The summed E-state index contributed by atoms with van der Waals surface area (Å²) in [5, 5.41) is 6.05. The van der Waals surface area contributed by atoms with E-state index in [9.17, 15) is 18.0 Å². The topological polar surface area (TPSA) is 77.2 Å². The molecule has 0 unspecified atom stereocenters. The second kappa shape index (κ2) is 6.50. The van der Waals surface area contributed by atoms with Crippen LogP contribution < -0.4 is 10.1 Å². The Labute approximate surface area is 135 Å². The third-order valence-corrected chi connectivity index (χ3v) is 3.67. The molecule has 2 aromatic rings. The lowest BCUT2D eigenvalue weighted by Crippen LogP contribution is -2.34. The minimum atomic E-state index is -4.69. The summed E-state index contributed by atoms with van der Waals surface area (Å²) in [4.78, 5) is 15.0. The van der Waals surface area contributed by atoms with Crippen LogP contribution in [0.2, 0.25) is 0 Å². The molecule has 1 amide bonds. The molecular weight excluding hydrogens is 327 g/mol. The Balaban J connectivity index is 1.62. The molecule has 0 bridgehead atoms. The van der Waals surface area contributed by atoms with Gasteiger partial charge < -0.3 is 14.6 Å². The molecule has 9 heteroatoms. The molecule has 1 fully saturated rings. The quantitative estimate of drug-likeness (QED) is 0.919. The first kappa shape index (κ1) is 16.3. The van der Waals surface area contributed by atoms with Gasteiger partial charge in [0.05, 0.1) is 0 Å². The summed E-state index contributed by atoms with van der Waals surface area (Å²) in [6, 6.07) is 5.93. The zero-order valence-corrected chi connectivity index (χ0v) is 12.5. The summed E-state index contributed by atoms with van der Waals surface area (Å²) >= 11 is 0. The van der Waals surface area contributed by atoms with Crippen molar-refractivity contribution in [3.63, 3.8) is 0 Å². The van der Waals surface area contributed by atoms with Crippen molar-refractivity contribution in [1.82, 2.24) is 15.5 Å². The van der Waals surface area contributed by atoms with Gasteiger partial charge in [0.1, 0.15) is 5.75 Å². The fourth-order valence-electron chi connectivity index (χ4n) is 2.50. The van der Waals surface area contributed by atoms with E-state index >= 15 is 0 Å². The molecule has 0 saturated heterocycles. The maximum absolute atomic E-state index is 12.4. The Hall–Kier alpha value is -2.58. The van der Waals surface area contributed by atoms with Crippen LogP contribution in [0, 0.1) is 0 Å². The van der Waals surface area contributed by atoms with Crippen LogP contribution in [0.4, 0.5) is 18.0 Å². The molecule has 1 heterocycles. The first-order valence-electron chi connectivity index (χ1n) is 7.41. The molecule has 1 saturated carbocycles. The fourth-order valence-corrected chi connectivity index (χ4v) is 2.50. The van der Waals surface area contributed by atoms with E-state index < -0.39 is 18.2 Å². The lowest BCUT2D eigenvalue weighted by atomic mass is 10.2. The molecule has 128 valence electrons. The highest BCUT2D eigenvalue weighted by atomic mass is 19.4. The average molecular weight is 341 g/mol. The van der Waals surface area contributed by atoms with Gasteiger partial charge in [0.25, 0.3) is 0 Å². The number of aromatic nitrogens is 2. The molecule has 6 nitrogen and oxygen atoms in total. The smallest absolute Gasteiger partial charge is 0.410 e. The molecule has 3 rings (SSSR count). The third-order valence-electron chi connectivity index (χ3n) is 3.67. The van der Waals surface area contributed by atoms with Crippen molar-refractivity contribution < 1.29 is 27.2 Å². The molecule has 0 radical (unpaired) electrons. The van der Waals surface area contributed by atoms with Gasteiger partial charge in [-0.1, -0.05) is 18.0 Å². The van der Waals surface area contributed by atoms with Crippen LogP contribution in [0.15, 0.2) is 28.8 Å². The predicted octanol–water partition coefficient (Wildman–Crippen LogP) is 3.79. The van der Waals surface area contributed by atoms with E-state index in [4.69, 9.17) is 4.74 Å². The first-order valence-corrected chi connectivity index (χ1v) is 7.41. The third kappa shape index (κ3) is 3.84. The van der Waals surface area contributed by atoms with Crippen molar-refractivity contribution >= 4 is 6.09 Å². The number of nitrogens with one attached hydrogen (secondary N) is 1. The number of hydrogen-bond acceptors (Lipinski definition) is 5. The highest BCUT2D eigenvalue weighted by Gasteiger charge is 2.38. The number of carbonyl (C=O) groups is 1. The molecule has 0 aliphatic heterocycles. The molecule has 1 aliphatic carbocycles. The van der Waals surface area contributed by atoms with Crippen molar-refractivity contribution in [2.24, 2.45) is 0 Å². The summed E-state index contributed by atoms with van der Waals surface area (Å²) in [5.41, 5.74) is 0.317. The van der Waals surface area contributed by atoms with Crippen LogP contribution in [0.3, 0.4) is 0 Å². The number of ether oxygens (including phenoxy) is 1. The van der Waals surface area contributed by atoms with Gasteiger partial charge in [0.15, 0.2) is 0 Å². The van der Waals surface area contributed by atoms with Crippen molar-refractivity contribution in [2.45, 2.75) is 37.9 Å². The molecule has 1 N–H and O–H groups in total. The molecule has 0 spiro atoms. The average Bonchev–Trinajstić information content (AvgIpc) is 3.18. The van der Waals surface area contributed by atoms with Gasteiger partial charge >= 0.3 is 18.2 Å². The van der Waals surface area contributed by atoms with Crippen LogP contribution in [0.5, 0.6) is 5.75 Å². The summed E-state index contributed by atoms with van der Waals surface area (Å²) in [6.45, 7) is 0. The molecule has 24 heavy (non-hydrogen) atoms. The van der Waals surface area contributed by atoms with E-state index in [0.29, 0.717) is 5.56 Å². The number of alkyl halides is 3. The van der Waals surface area contributed by atoms with Gasteiger partial charge in [0.2, 0.25) is 5.82 Å². The van der Waals surface area contributed by atoms with Crippen LogP contribution in [-0.2, 0) is 6.18 Å². The highest BCUT2D eigenvalue weighted by molar-refractivity contribution is 5.71. The Morgan fingerprint density at radius 1 is 1.21 bits per heavy atom. The lowest BCUT2D eigenvalue weighted by molar-refractivity contribution is -0.159. The summed E-state index contributed by atoms with van der Waals surface area (Å²) in [7, 11) is 0. The Bertz CT molecular complexity index is 707. The number of nitrogens with zero attached hydrogens (tertiary/aromatic N) is 2. The molecule has 1 aromatic carbocycles. The Kier molecular flexibility index (Phi) is 4.41.